The van der Waals surface area contributed by atoms with E-state index < -0.39 is 6.09 Å². The Hall–Kier alpha value is -1.61. The van der Waals surface area contributed by atoms with E-state index in [1.165, 1.54) is 7.11 Å². The van der Waals surface area contributed by atoms with Gasteiger partial charge in [0.15, 0.2) is 0 Å². The van der Waals surface area contributed by atoms with Gasteiger partial charge in [0.2, 0.25) is 5.91 Å². The second kappa shape index (κ2) is 8.63. The van der Waals surface area contributed by atoms with Crippen LogP contribution in [0.5, 0.6) is 0 Å². The number of carbonyl (C=O) groups excluding carboxylic acids is 2. The molecule has 1 aromatic rings. The number of alkyl carbamates (subject to hydrolysis) is 1. The number of allylic oxidation sites excluding steroid dienone is 1. The summed E-state index contributed by atoms with van der Waals surface area (Å²) in [6.07, 6.45) is -0.602. The van der Waals surface area contributed by atoms with Gasteiger partial charge in [-0.15, -0.1) is 5.56 Å². The third-order valence-electron chi connectivity index (χ3n) is 2.93. The van der Waals surface area contributed by atoms with Crippen LogP contribution in [0.2, 0.25) is 0 Å². The Morgan fingerprint density at radius 3 is 2.38 bits per heavy atom. The largest absolute Gasteiger partial charge is 0.453 e. The fourth-order valence-electron chi connectivity index (χ4n) is 1.56. The number of ether oxygens (including phenoxy) is 1. The Morgan fingerprint density at radius 1 is 1.24 bits per heavy atom. The van der Waals surface area contributed by atoms with Crippen molar-refractivity contribution in [3.63, 3.8) is 0 Å². The first-order chi connectivity index (χ1) is 9.35. The minimum absolute atomic E-state index is 0. The summed E-state index contributed by atoms with van der Waals surface area (Å²) in [5.74, 6) is -0.278. The maximum Gasteiger partial charge on any atom is 0.411 e. The van der Waals surface area contributed by atoms with Gasteiger partial charge in [-0.1, -0.05) is 19.5 Å². The monoisotopic (exact) mass is 459 g/mol. The Kier molecular flexibility index (Phi) is 7.96. The molecule has 0 unspecified atom stereocenters. The maximum absolute atomic E-state index is 12.1. The average molecular weight is 459 g/mol. The fourth-order valence-corrected chi connectivity index (χ4v) is 1.56. The van der Waals surface area contributed by atoms with Crippen molar-refractivity contribution in [1.29, 1.82) is 0 Å². The van der Waals surface area contributed by atoms with Crippen molar-refractivity contribution in [1.82, 2.24) is 5.32 Å². The molecule has 0 fully saturated rings. The van der Waals surface area contributed by atoms with Crippen molar-refractivity contribution in [2.75, 3.05) is 12.4 Å². The average Bonchev–Trinajstić information content (AvgIpc) is 2.40. The molecule has 1 rings (SSSR count). The van der Waals surface area contributed by atoms with Crippen LogP contribution in [0, 0.1) is 19.9 Å². The van der Waals surface area contributed by atoms with Gasteiger partial charge in [0.25, 0.3) is 0 Å². The predicted octanol–water partition coefficient (Wildman–Crippen LogP) is 2.69. The molecule has 0 saturated carbocycles. The van der Waals surface area contributed by atoms with Crippen LogP contribution in [0.1, 0.15) is 25.0 Å². The smallest absolute Gasteiger partial charge is 0.411 e. The predicted molar refractivity (Wildman–Crippen MR) is 77.3 cm³/mol. The minimum atomic E-state index is -0.602. The molecule has 0 heterocycles. The first-order valence-corrected chi connectivity index (χ1v) is 6.18. The Bertz CT molecular complexity index is 568. The zero-order valence-corrected chi connectivity index (χ0v) is 15.7. The number of amides is 2. The number of hydrogen-bond acceptors (Lipinski definition) is 3. The molecule has 0 aliphatic rings. The van der Waals surface area contributed by atoms with Gasteiger partial charge in [-0.05, 0) is 13.8 Å². The number of rotatable bonds is 3. The number of carbonyl (C=O) groups is 2. The summed E-state index contributed by atoms with van der Waals surface area (Å²) < 4.78 is 4.48. The number of aryl methyl sites for hydroxylation is 2. The van der Waals surface area contributed by atoms with Gasteiger partial charge >= 0.3 is 6.09 Å². The summed E-state index contributed by atoms with van der Waals surface area (Å²) in [7, 11) is 1.27. The molecule has 0 aliphatic heterocycles. The molecule has 6 heteroatoms. The molecular weight excluding hydrogens is 440 g/mol. The molecule has 0 bridgehead atoms. The van der Waals surface area contributed by atoms with E-state index in [0.717, 1.165) is 11.1 Å². The van der Waals surface area contributed by atoms with Crippen LogP contribution in [0.15, 0.2) is 23.4 Å². The van der Waals surface area contributed by atoms with E-state index in [1.54, 1.807) is 19.9 Å². The molecule has 0 atom stereocenters. The SMILES string of the molecule is COC(=O)N/C(C)=C(/C)C(=O)Nc1c[c-]c(C)cc1C.[W]. The summed E-state index contributed by atoms with van der Waals surface area (Å²) in [5, 5.41) is 5.26. The summed E-state index contributed by atoms with van der Waals surface area (Å²) in [5.41, 5.74) is 3.53. The molecule has 0 aromatic heterocycles. The zero-order chi connectivity index (χ0) is 15.3. The molecule has 2 amide bonds. The van der Waals surface area contributed by atoms with Crippen molar-refractivity contribution >= 4 is 17.7 Å². The summed E-state index contributed by atoms with van der Waals surface area (Å²) >= 11 is 0. The van der Waals surface area contributed by atoms with Crippen LogP contribution in [0.25, 0.3) is 0 Å². The fraction of sp³-hybridized carbons (Fsp3) is 0.333. The normalized spacial score (nSPS) is 10.9. The van der Waals surface area contributed by atoms with E-state index in [9.17, 15) is 9.59 Å². The Labute approximate surface area is 139 Å². The topological polar surface area (TPSA) is 67.4 Å². The van der Waals surface area contributed by atoms with Gasteiger partial charge in [-0.2, -0.15) is 23.8 Å². The second-order valence-electron chi connectivity index (χ2n) is 4.53. The third kappa shape index (κ3) is 5.72. The van der Waals surface area contributed by atoms with Gasteiger partial charge in [-0.25, -0.2) is 4.79 Å². The molecular formula is C15H19N2O3W-. The van der Waals surface area contributed by atoms with Crippen LogP contribution >= 0.6 is 0 Å². The molecule has 2 N–H and O–H groups in total. The third-order valence-corrected chi connectivity index (χ3v) is 2.93. The standard InChI is InChI=1S/C15H19N2O3.W/c1-9-6-7-13(10(2)8-9)17-14(18)11(3)12(4)16-15(19)20-5;/h7-8H,1-5H3,(H,16,19)(H,17,18);/q-1;/b12-11-;. The minimum Gasteiger partial charge on any atom is -0.453 e. The molecule has 21 heavy (non-hydrogen) atoms. The van der Waals surface area contributed by atoms with Crippen LogP contribution in [-0.4, -0.2) is 19.1 Å². The first kappa shape index (κ1) is 19.4. The van der Waals surface area contributed by atoms with Crippen molar-refractivity contribution in [3.05, 3.63) is 40.6 Å². The van der Waals surface area contributed by atoms with Gasteiger partial charge in [0.1, 0.15) is 0 Å². The Morgan fingerprint density at radius 2 is 1.86 bits per heavy atom. The van der Waals surface area contributed by atoms with Crippen molar-refractivity contribution in [2.45, 2.75) is 27.7 Å². The van der Waals surface area contributed by atoms with Gasteiger partial charge in [0, 0.05) is 32.3 Å². The van der Waals surface area contributed by atoms with Crippen LogP contribution < -0.4 is 10.6 Å². The molecule has 0 spiro atoms. The first-order valence-electron chi connectivity index (χ1n) is 6.18. The van der Waals surface area contributed by atoms with Crippen LogP contribution in [0.4, 0.5) is 10.5 Å². The van der Waals surface area contributed by atoms with E-state index in [0.29, 0.717) is 17.0 Å². The molecule has 114 valence electrons. The van der Waals surface area contributed by atoms with Crippen LogP contribution in [0.3, 0.4) is 0 Å². The second-order valence-corrected chi connectivity index (χ2v) is 4.53. The van der Waals surface area contributed by atoms with Gasteiger partial charge in [0.05, 0.1) is 7.11 Å². The van der Waals surface area contributed by atoms with Gasteiger partial charge < -0.3 is 10.1 Å². The summed E-state index contributed by atoms with van der Waals surface area (Å²) in [6.45, 7) is 7.12. The molecule has 5 nitrogen and oxygen atoms in total. The van der Waals surface area contributed by atoms with Gasteiger partial charge in [-0.3, -0.25) is 10.1 Å². The summed E-state index contributed by atoms with van der Waals surface area (Å²) in [4.78, 5) is 23.2. The molecule has 1 aromatic carbocycles. The maximum atomic E-state index is 12.1. The number of anilines is 1. The molecule has 0 saturated heterocycles. The quantitative estimate of drug-likeness (QED) is 0.540. The van der Waals surface area contributed by atoms with E-state index >= 15 is 0 Å². The van der Waals surface area contributed by atoms with E-state index in [1.807, 2.05) is 19.9 Å². The number of nitrogens with one attached hydrogen (secondary N) is 2. The number of benzene rings is 1. The Balaban J connectivity index is 0.00000400. The molecule has 0 aliphatic carbocycles. The summed E-state index contributed by atoms with van der Waals surface area (Å²) in [6, 6.07) is 6.71. The number of hydrogen-bond donors (Lipinski definition) is 2. The van der Waals surface area contributed by atoms with Crippen molar-refractivity contribution in [2.24, 2.45) is 0 Å². The van der Waals surface area contributed by atoms with Crippen molar-refractivity contribution < 1.29 is 35.4 Å². The van der Waals surface area contributed by atoms with E-state index in [4.69, 9.17) is 0 Å². The van der Waals surface area contributed by atoms with Crippen molar-refractivity contribution in [3.8, 4) is 0 Å². The molecule has 0 radical (unpaired) electrons. The number of methoxy groups -OCH3 is 1. The zero-order valence-electron chi connectivity index (χ0n) is 12.8. The van der Waals surface area contributed by atoms with E-state index in [-0.39, 0.29) is 27.0 Å². The van der Waals surface area contributed by atoms with E-state index in [2.05, 4.69) is 21.4 Å². The van der Waals surface area contributed by atoms with Crippen LogP contribution in [-0.2, 0) is 30.6 Å².